The van der Waals surface area contributed by atoms with E-state index in [2.05, 4.69) is 10.2 Å². The number of nitrogens with one attached hydrogen (secondary N) is 1. The van der Waals surface area contributed by atoms with E-state index in [0.717, 1.165) is 19.5 Å². The zero-order valence-corrected chi connectivity index (χ0v) is 10.5. The molecule has 0 spiro atoms. The summed E-state index contributed by atoms with van der Waals surface area (Å²) in [7, 11) is 0. The molecule has 18 heavy (non-hydrogen) atoms. The summed E-state index contributed by atoms with van der Waals surface area (Å²) < 4.78 is 13.5. The van der Waals surface area contributed by atoms with Crippen LogP contribution in [0.1, 0.15) is 29.6 Å². The zero-order chi connectivity index (χ0) is 12.8. The van der Waals surface area contributed by atoms with Crippen molar-refractivity contribution in [3.05, 3.63) is 29.6 Å². The van der Waals surface area contributed by atoms with Crippen LogP contribution in [0.2, 0.25) is 0 Å². The van der Waals surface area contributed by atoms with Gasteiger partial charge in [0.2, 0.25) is 0 Å². The summed E-state index contributed by atoms with van der Waals surface area (Å²) in [5, 5.41) is 3.07. The number of aldehydes is 1. The van der Waals surface area contributed by atoms with Gasteiger partial charge >= 0.3 is 0 Å². The van der Waals surface area contributed by atoms with Crippen LogP contribution in [0.25, 0.3) is 0 Å². The molecule has 0 unspecified atom stereocenters. The molecule has 1 aliphatic heterocycles. The minimum atomic E-state index is -0.360. The van der Waals surface area contributed by atoms with E-state index in [0.29, 0.717) is 17.5 Å². The number of nitrogens with zero attached hydrogens (tertiary/aromatic N) is 1. The van der Waals surface area contributed by atoms with E-state index in [4.69, 9.17) is 0 Å². The lowest BCUT2D eigenvalue weighted by atomic mass is 10.2. The van der Waals surface area contributed by atoms with Crippen molar-refractivity contribution in [2.45, 2.75) is 19.3 Å². The average Bonchev–Trinajstić information content (AvgIpc) is 2.89. The number of benzene rings is 1. The van der Waals surface area contributed by atoms with Crippen molar-refractivity contribution < 1.29 is 9.18 Å². The summed E-state index contributed by atoms with van der Waals surface area (Å²) in [6, 6.07) is 4.50. The van der Waals surface area contributed by atoms with E-state index in [1.807, 2.05) is 0 Å². The van der Waals surface area contributed by atoms with Crippen LogP contribution in [0, 0.1) is 5.82 Å². The van der Waals surface area contributed by atoms with E-state index in [9.17, 15) is 9.18 Å². The van der Waals surface area contributed by atoms with E-state index >= 15 is 0 Å². The van der Waals surface area contributed by atoms with E-state index < -0.39 is 0 Å². The molecule has 0 aliphatic carbocycles. The fourth-order valence-electron chi connectivity index (χ4n) is 2.28. The van der Waals surface area contributed by atoms with Crippen molar-refractivity contribution >= 4 is 12.0 Å². The Kier molecular flexibility index (Phi) is 4.70. The van der Waals surface area contributed by atoms with Crippen LogP contribution in [-0.2, 0) is 0 Å². The number of carbonyl (C=O) groups excluding carboxylic acids is 1. The van der Waals surface area contributed by atoms with Crippen LogP contribution in [0.15, 0.2) is 18.2 Å². The Morgan fingerprint density at radius 2 is 2.11 bits per heavy atom. The van der Waals surface area contributed by atoms with Crippen molar-refractivity contribution in [2.75, 3.05) is 31.5 Å². The number of halogens is 1. The quantitative estimate of drug-likeness (QED) is 0.622. The lowest BCUT2D eigenvalue weighted by molar-refractivity contribution is 0.112. The van der Waals surface area contributed by atoms with Gasteiger partial charge in [-0.2, -0.15) is 0 Å². The average molecular weight is 250 g/mol. The first-order valence-electron chi connectivity index (χ1n) is 6.50. The third-order valence-corrected chi connectivity index (χ3v) is 3.29. The molecule has 1 aliphatic rings. The largest absolute Gasteiger partial charge is 0.383 e. The Bertz CT molecular complexity index is 403. The second-order valence-electron chi connectivity index (χ2n) is 4.69. The first-order chi connectivity index (χ1) is 8.79. The number of carbonyl (C=O) groups is 1. The Morgan fingerprint density at radius 1 is 1.33 bits per heavy atom. The van der Waals surface area contributed by atoms with E-state index in [1.165, 1.54) is 32.0 Å². The molecule has 1 aromatic rings. The zero-order valence-electron chi connectivity index (χ0n) is 10.5. The SMILES string of the molecule is O=Cc1ccc(NCCCN2CCCC2)c(F)c1. The lowest BCUT2D eigenvalue weighted by Gasteiger charge is -2.14. The summed E-state index contributed by atoms with van der Waals surface area (Å²) >= 11 is 0. The number of hydrogen-bond acceptors (Lipinski definition) is 3. The highest BCUT2D eigenvalue weighted by atomic mass is 19.1. The Hall–Kier alpha value is -1.42. The molecule has 1 N–H and O–H groups in total. The fraction of sp³-hybridized carbons (Fsp3) is 0.500. The molecule has 0 atom stereocenters. The van der Waals surface area contributed by atoms with Gasteiger partial charge in [-0.1, -0.05) is 0 Å². The molecule has 1 heterocycles. The third kappa shape index (κ3) is 3.53. The number of anilines is 1. The summed E-state index contributed by atoms with van der Waals surface area (Å²) in [6.45, 7) is 4.22. The first kappa shape index (κ1) is 13.0. The van der Waals surface area contributed by atoms with Gasteiger partial charge in [0, 0.05) is 12.1 Å². The Balaban J connectivity index is 1.74. The second-order valence-corrected chi connectivity index (χ2v) is 4.69. The van der Waals surface area contributed by atoms with Crippen molar-refractivity contribution in [3.8, 4) is 0 Å². The molecule has 0 saturated carbocycles. The molecule has 2 rings (SSSR count). The topological polar surface area (TPSA) is 32.3 Å². The minimum Gasteiger partial charge on any atom is -0.383 e. The van der Waals surface area contributed by atoms with Crippen molar-refractivity contribution in [2.24, 2.45) is 0 Å². The molecule has 3 nitrogen and oxygen atoms in total. The van der Waals surface area contributed by atoms with Gasteiger partial charge < -0.3 is 10.2 Å². The summed E-state index contributed by atoms with van der Waals surface area (Å²) in [5.74, 6) is -0.360. The highest BCUT2D eigenvalue weighted by Crippen LogP contribution is 2.15. The van der Waals surface area contributed by atoms with Crippen LogP contribution >= 0.6 is 0 Å². The van der Waals surface area contributed by atoms with Crippen LogP contribution in [0.3, 0.4) is 0 Å². The molecule has 4 heteroatoms. The lowest BCUT2D eigenvalue weighted by Crippen LogP contribution is -2.22. The van der Waals surface area contributed by atoms with Gasteiger partial charge in [0.25, 0.3) is 0 Å². The molecule has 1 aromatic carbocycles. The van der Waals surface area contributed by atoms with Gasteiger partial charge in [0.15, 0.2) is 0 Å². The van der Waals surface area contributed by atoms with Crippen LogP contribution in [-0.4, -0.2) is 37.4 Å². The smallest absolute Gasteiger partial charge is 0.150 e. The molecule has 0 amide bonds. The molecular formula is C14H19FN2O. The molecular weight excluding hydrogens is 231 g/mol. The number of rotatable bonds is 6. The Labute approximate surface area is 107 Å². The second kappa shape index (κ2) is 6.50. The van der Waals surface area contributed by atoms with Crippen LogP contribution < -0.4 is 5.32 Å². The molecule has 0 bridgehead atoms. The Morgan fingerprint density at radius 3 is 2.78 bits per heavy atom. The van der Waals surface area contributed by atoms with Gasteiger partial charge in [-0.25, -0.2) is 4.39 Å². The monoisotopic (exact) mass is 250 g/mol. The standard InChI is InChI=1S/C14H19FN2O/c15-13-10-12(11-18)4-5-14(13)16-6-3-9-17-7-1-2-8-17/h4-5,10-11,16H,1-3,6-9H2. The van der Waals surface area contributed by atoms with Crippen molar-refractivity contribution in [1.82, 2.24) is 4.90 Å². The summed E-state index contributed by atoms with van der Waals surface area (Å²) in [4.78, 5) is 12.9. The van der Waals surface area contributed by atoms with Crippen LogP contribution in [0.5, 0.6) is 0 Å². The maximum atomic E-state index is 13.5. The first-order valence-corrected chi connectivity index (χ1v) is 6.50. The van der Waals surface area contributed by atoms with Crippen molar-refractivity contribution in [3.63, 3.8) is 0 Å². The van der Waals surface area contributed by atoms with Gasteiger partial charge in [-0.15, -0.1) is 0 Å². The van der Waals surface area contributed by atoms with Gasteiger partial charge in [0.05, 0.1) is 5.69 Å². The fourth-order valence-corrected chi connectivity index (χ4v) is 2.28. The molecule has 0 radical (unpaired) electrons. The highest BCUT2D eigenvalue weighted by Gasteiger charge is 2.10. The molecule has 0 aromatic heterocycles. The summed E-state index contributed by atoms with van der Waals surface area (Å²) in [5.41, 5.74) is 0.845. The summed E-state index contributed by atoms with van der Waals surface area (Å²) in [6.07, 6.45) is 4.26. The predicted molar refractivity (Wildman–Crippen MR) is 70.6 cm³/mol. The minimum absolute atomic E-state index is 0.360. The van der Waals surface area contributed by atoms with Gasteiger partial charge in [-0.3, -0.25) is 4.79 Å². The normalized spacial score (nSPS) is 15.8. The maximum Gasteiger partial charge on any atom is 0.150 e. The molecule has 98 valence electrons. The van der Waals surface area contributed by atoms with Gasteiger partial charge in [-0.05, 0) is 57.1 Å². The van der Waals surface area contributed by atoms with Crippen LogP contribution in [0.4, 0.5) is 10.1 Å². The molecule has 1 saturated heterocycles. The number of hydrogen-bond donors (Lipinski definition) is 1. The third-order valence-electron chi connectivity index (χ3n) is 3.29. The van der Waals surface area contributed by atoms with Gasteiger partial charge in [0.1, 0.15) is 12.1 Å². The predicted octanol–water partition coefficient (Wildman–Crippen LogP) is 2.54. The molecule has 1 fully saturated rings. The van der Waals surface area contributed by atoms with E-state index in [1.54, 1.807) is 12.1 Å². The van der Waals surface area contributed by atoms with E-state index in [-0.39, 0.29) is 5.82 Å². The van der Waals surface area contributed by atoms with Crippen molar-refractivity contribution in [1.29, 1.82) is 0 Å². The highest BCUT2D eigenvalue weighted by molar-refractivity contribution is 5.75. The maximum absolute atomic E-state index is 13.5. The number of likely N-dealkylation sites (tertiary alicyclic amines) is 1.